The van der Waals surface area contributed by atoms with Gasteiger partial charge in [-0.15, -0.1) is 0 Å². The highest BCUT2D eigenvalue weighted by molar-refractivity contribution is 5.71. The average Bonchev–Trinajstić information content (AvgIpc) is 2.85. The Bertz CT molecular complexity index is 467. The molecule has 2 bridgehead atoms. The van der Waals surface area contributed by atoms with E-state index in [4.69, 9.17) is 0 Å². The van der Waals surface area contributed by atoms with Gasteiger partial charge in [0.05, 0.1) is 5.41 Å². The highest BCUT2D eigenvalue weighted by Crippen LogP contribution is 2.65. The second kappa shape index (κ2) is 3.92. The third-order valence-electron chi connectivity index (χ3n) is 4.24. The Labute approximate surface area is 110 Å². The molecule has 0 aliphatic heterocycles. The number of hydrogen-bond acceptors (Lipinski definition) is 2. The first kappa shape index (κ1) is 15.2. The van der Waals surface area contributed by atoms with E-state index >= 15 is 0 Å². The SMILES string of the molecule is CC(F)(F)C(F)(F)C(F)(F)C12C=CC(CC1C(=O)[O-])C2. The first-order valence-electron chi connectivity index (χ1n) is 5.90. The van der Waals surface area contributed by atoms with Crippen LogP contribution in [0.3, 0.4) is 0 Å². The van der Waals surface area contributed by atoms with Crippen LogP contribution in [-0.4, -0.2) is 23.7 Å². The molecule has 114 valence electrons. The molecule has 0 radical (unpaired) electrons. The number of carbonyl (C=O) groups excluding carboxylic acids is 1. The lowest BCUT2D eigenvalue weighted by Crippen LogP contribution is -2.62. The van der Waals surface area contributed by atoms with Crippen LogP contribution in [-0.2, 0) is 4.79 Å². The molecule has 2 aliphatic carbocycles. The fourth-order valence-corrected chi connectivity index (χ4v) is 3.14. The minimum atomic E-state index is -5.66. The van der Waals surface area contributed by atoms with Gasteiger partial charge in [0.1, 0.15) is 0 Å². The van der Waals surface area contributed by atoms with Crippen molar-refractivity contribution in [1.82, 2.24) is 0 Å². The molecule has 2 aliphatic rings. The maximum Gasteiger partial charge on any atom is 0.372 e. The Morgan fingerprint density at radius 2 is 1.80 bits per heavy atom. The number of carbonyl (C=O) groups is 1. The van der Waals surface area contributed by atoms with Gasteiger partial charge in [-0.25, -0.2) is 0 Å². The van der Waals surface area contributed by atoms with E-state index in [2.05, 4.69) is 0 Å². The molecule has 3 unspecified atom stereocenters. The van der Waals surface area contributed by atoms with Gasteiger partial charge in [0, 0.05) is 18.8 Å². The van der Waals surface area contributed by atoms with E-state index < -0.39 is 47.4 Å². The molecule has 1 saturated carbocycles. The van der Waals surface area contributed by atoms with Crippen molar-refractivity contribution in [2.75, 3.05) is 0 Å². The van der Waals surface area contributed by atoms with Gasteiger partial charge in [-0.2, -0.15) is 26.3 Å². The van der Waals surface area contributed by atoms with Crippen LogP contribution >= 0.6 is 0 Å². The Kier molecular flexibility index (Phi) is 2.97. The second-order valence-electron chi connectivity index (χ2n) is 5.51. The summed E-state index contributed by atoms with van der Waals surface area (Å²) < 4.78 is 81.0. The van der Waals surface area contributed by atoms with Crippen LogP contribution in [0.4, 0.5) is 26.3 Å². The zero-order valence-corrected chi connectivity index (χ0v) is 10.3. The second-order valence-corrected chi connectivity index (χ2v) is 5.51. The van der Waals surface area contributed by atoms with Crippen molar-refractivity contribution in [2.45, 2.75) is 37.5 Å². The molecule has 0 spiro atoms. The lowest BCUT2D eigenvalue weighted by atomic mass is 9.70. The highest BCUT2D eigenvalue weighted by Gasteiger charge is 2.79. The average molecular weight is 301 g/mol. The lowest BCUT2D eigenvalue weighted by Gasteiger charge is -2.44. The molecule has 0 N–H and O–H groups in total. The van der Waals surface area contributed by atoms with Crippen molar-refractivity contribution in [3.05, 3.63) is 12.2 Å². The molecule has 0 saturated heterocycles. The fraction of sp³-hybridized carbons (Fsp3) is 0.750. The van der Waals surface area contributed by atoms with E-state index in [9.17, 15) is 36.2 Å². The molecule has 8 heteroatoms. The summed E-state index contributed by atoms with van der Waals surface area (Å²) in [6.45, 7) is -0.309. The minimum absolute atomic E-state index is 0.306. The standard InChI is InChI=1S/C12H12F6O2/c1-9(13,14)11(15,16)12(17,18)10-3-2-6(5-10)4-7(10)8(19)20/h2-3,6-7H,4-5H2,1H3,(H,19,20)/p-1. The van der Waals surface area contributed by atoms with Gasteiger partial charge >= 0.3 is 17.8 Å². The van der Waals surface area contributed by atoms with Gasteiger partial charge in [-0.3, -0.25) is 0 Å². The van der Waals surface area contributed by atoms with Crippen LogP contribution in [0.15, 0.2) is 12.2 Å². The van der Waals surface area contributed by atoms with E-state index in [1.165, 1.54) is 6.08 Å². The first-order chi connectivity index (χ1) is 8.87. The smallest absolute Gasteiger partial charge is 0.372 e. The van der Waals surface area contributed by atoms with Crippen molar-refractivity contribution in [3.8, 4) is 0 Å². The largest absolute Gasteiger partial charge is 0.550 e. The number of alkyl halides is 6. The Balaban J connectivity index is 2.53. The normalized spacial score (nSPS) is 33.8. The number of hydrogen-bond donors (Lipinski definition) is 0. The molecule has 0 aromatic carbocycles. The van der Waals surface area contributed by atoms with E-state index in [0.29, 0.717) is 6.08 Å². The zero-order chi connectivity index (χ0) is 15.6. The summed E-state index contributed by atoms with van der Waals surface area (Å²) in [4.78, 5) is 10.9. The number of aliphatic carboxylic acids is 1. The number of carboxylic acid groups (broad SMARTS) is 1. The van der Waals surface area contributed by atoms with Crippen molar-refractivity contribution < 1.29 is 36.2 Å². The van der Waals surface area contributed by atoms with Crippen molar-refractivity contribution in [3.63, 3.8) is 0 Å². The van der Waals surface area contributed by atoms with Gasteiger partial charge in [-0.1, -0.05) is 12.2 Å². The van der Waals surface area contributed by atoms with Crippen molar-refractivity contribution in [1.29, 1.82) is 0 Å². The predicted octanol–water partition coefficient (Wildman–Crippen LogP) is 2.24. The van der Waals surface area contributed by atoms with Crippen LogP contribution in [0.5, 0.6) is 0 Å². The number of rotatable bonds is 4. The Morgan fingerprint density at radius 1 is 1.25 bits per heavy atom. The van der Waals surface area contributed by atoms with Crippen molar-refractivity contribution >= 4 is 5.97 Å². The van der Waals surface area contributed by atoms with Crippen LogP contribution in [0.25, 0.3) is 0 Å². The van der Waals surface area contributed by atoms with E-state index in [1.807, 2.05) is 0 Å². The molecular weight excluding hydrogens is 290 g/mol. The van der Waals surface area contributed by atoms with Gasteiger partial charge in [0.2, 0.25) is 0 Å². The maximum atomic E-state index is 14.1. The molecule has 1 fully saturated rings. The minimum Gasteiger partial charge on any atom is -0.550 e. The monoisotopic (exact) mass is 301 g/mol. The number of allylic oxidation sites excluding steroid dienone is 2. The van der Waals surface area contributed by atoms with Crippen LogP contribution in [0.1, 0.15) is 19.8 Å². The number of fused-ring (bicyclic) bond motifs is 2. The third-order valence-corrected chi connectivity index (χ3v) is 4.24. The fourth-order valence-electron chi connectivity index (χ4n) is 3.14. The van der Waals surface area contributed by atoms with E-state index in [1.54, 1.807) is 0 Å². The summed E-state index contributed by atoms with van der Waals surface area (Å²) in [7, 11) is 0. The topological polar surface area (TPSA) is 40.1 Å². The molecule has 2 rings (SSSR count). The summed E-state index contributed by atoms with van der Waals surface area (Å²) in [6, 6.07) is 0. The van der Waals surface area contributed by atoms with Crippen molar-refractivity contribution in [2.24, 2.45) is 17.3 Å². The van der Waals surface area contributed by atoms with E-state index in [-0.39, 0.29) is 13.3 Å². The first-order valence-corrected chi connectivity index (χ1v) is 5.90. The zero-order valence-electron chi connectivity index (χ0n) is 10.3. The maximum absolute atomic E-state index is 14.1. The van der Waals surface area contributed by atoms with Crippen LogP contribution in [0.2, 0.25) is 0 Å². The Hall–Kier alpha value is -1.21. The molecule has 2 nitrogen and oxygen atoms in total. The molecule has 0 heterocycles. The molecule has 0 aromatic rings. The van der Waals surface area contributed by atoms with E-state index in [0.717, 1.165) is 0 Å². The van der Waals surface area contributed by atoms with Gasteiger partial charge < -0.3 is 9.90 Å². The molecular formula is C12H11F6O2-. The van der Waals surface area contributed by atoms with Crippen LogP contribution < -0.4 is 5.11 Å². The summed E-state index contributed by atoms with van der Waals surface area (Å²) in [6.07, 6.45) is 0.919. The third kappa shape index (κ3) is 1.62. The molecule has 0 aromatic heterocycles. The Morgan fingerprint density at radius 3 is 2.20 bits per heavy atom. The lowest BCUT2D eigenvalue weighted by molar-refractivity contribution is -0.347. The van der Waals surface area contributed by atoms with Crippen LogP contribution in [0, 0.1) is 17.3 Å². The van der Waals surface area contributed by atoms with Gasteiger partial charge in [0.25, 0.3) is 0 Å². The summed E-state index contributed by atoms with van der Waals surface area (Å²) in [5.74, 6) is -20.3. The quantitative estimate of drug-likeness (QED) is 0.590. The number of carboxylic acids is 1. The molecule has 3 atom stereocenters. The molecule has 20 heavy (non-hydrogen) atoms. The highest BCUT2D eigenvalue weighted by atomic mass is 19.3. The summed E-state index contributed by atoms with van der Waals surface area (Å²) in [5, 5.41) is 10.9. The summed E-state index contributed by atoms with van der Waals surface area (Å²) in [5.41, 5.74) is -2.82. The van der Waals surface area contributed by atoms with Gasteiger partial charge in [-0.05, 0) is 18.8 Å². The number of halogens is 6. The summed E-state index contributed by atoms with van der Waals surface area (Å²) >= 11 is 0. The van der Waals surface area contributed by atoms with Gasteiger partial charge in [0.15, 0.2) is 0 Å². The predicted molar refractivity (Wildman–Crippen MR) is 53.3 cm³/mol. The molecule has 0 amide bonds.